The van der Waals surface area contributed by atoms with Gasteiger partial charge in [-0.15, -0.1) is 0 Å². The van der Waals surface area contributed by atoms with E-state index in [1.54, 1.807) is 0 Å². The fraction of sp³-hybridized carbons (Fsp3) is 0.556. The molecule has 0 unspecified atom stereocenters. The molecule has 20 heavy (non-hydrogen) atoms. The van der Waals surface area contributed by atoms with E-state index in [0.717, 1.165) is 0 Å². The van der Waals surface area contributed by atoms with Crippen molar-refractivity contribution in [2.24, 2.45) is 42.9 Å². The normalized spacial score (nSPS) is 13.7. The van der Waals surface area contributed by atoms with E-state index in [9.17, 15) is 0 Å². The monoisotopic (exact) mass is 335 g/mol. The van der Waals surface area contributed by atoms with Crippen molar-refractivity contribution in [2.75, 3.05) is 27.3 Å². The third-order valence-corrected chi connectivity index (χ3v) is 1.73. The molecule has 0 spiro atoms. The summed E-state index contributed by atoms with van der Waals surface area (Å²) in [6.45, 7) is 0.846. The molecule has 0 amide bonds. The molecule has 0 rings (SSSR count). The number of nitrogens with two attached hydrogens (primary N) is 4. The van der Waals surface area contributed by atoms with Crippen LogP contribution < -0.4 is 22.9 Å². The molecule has 11 heteroatoms. The number of guanidine groups is 2. The van der Waals surface area contributed by atoms with Gasteiger partial charge >= 0.3 is 17.1 Å². The fourth-order valence-electron chi connectivity index (χ4n) is 0.846. The molecule has 1 radical (unpaired) electrons. The first-order valence-corrected chi connectivity index (χ1v) is 5.35. The molecule has 0 aliphatic carbocycles. The number of aliphatic imine (C=N–C) groups is 4. The summed E-state index contributed by atoms with van der Waals surface area (Å²) in [6, 6.07) is -0.0965. The number of methoxy groups -OCH3 is 2. The minimum Gasteiger partial charge on any atom is -0.468 e. The van der Waals surface area contributed by atoms with E-state index in [1.807, 2.05) is 0 Å². The average molecular weight is 336 g/mol. The Bertz CT molecular complexity index is 357. The smallest absolute Gasteiger partial charge is 0.468 e. The van der Waals surface area contributed by atoms with Crippen LogP contribution in [0.4, 0.5) is 0 Å². The molecule has 10 nitrogen and oxygen atoms in total. The van der Waals surface area contributed by atoms with Crippen LogP contribution in [-0.2, 0) is 26.5 Å². The summed E-state index contributed by atoms with van der Waals surface area (Å²) in [5, 5.41) is 0. The number of hydrogen-bond acceptors (Lipinski definition) is 4. The predicted molar refractivity (Wildman–Crippen MR) is 74.9 cm³/mol. The van der Waals surface area contributed by atoms with E-state index in [2.05, 4.69) is 29.4 Å². The number of amidine groups is 2. The van der Waals surface area contributed by atoms with Gasteiger partial charge in [0.05, 0.1) is 14.2 Å². The van der Waals surface area contributed by atoms with Gasteiger partial charge in [-0.2, -0.15) is 9.98 Å². The molecule has 0 aromatic rings. The van der Waals surface area contributed by atoms with Gasteiger partial charge in [-0.25, -0.2) is 0 Å². The van der Waals surface area contributed by atoms with Gasteiger partial charge in [-0.05, 0) is 6.42 Å². The molecule has 117 valence electrons. The maximum atomic E-state index is 5.46. The van der Waals surface area contributed by atoms with E-state index in [1.165, 1.54) is 14.2 Å². The minimum atomic E-state index is -0.0482. The Morgan fingerprint density at radius 2 is 1.15 bits per heavy atom. The molecule has 0 aliphatic heterocycles. The second kappa shape index (κ2) is 12.1. The Labute approximate surface area is 127 Å². The zero-order chi connectivity index (χ0) is 14.7. The Kier molecular flexibility index (Phi) is 12.2. The Morgan fingerprint density at radius 3 is 1.45 bits per heavy atom. The third kappa shape index (κ3) is 11.1. The summed E-state index contributed by atoms with van der Waals surface area (Å²) in [4.78, 5) is 15.2. The maximum absolute atomic E-state index is 5.46. The van der Waals surface area contributed by atoms with Crippen LogP contribution in [0, 0.1) is 0 Å². The van der Waals surface area contributed by atoms with Gasteiger partial charge in [0.2, 0.25) is 11.9 Å². The summed E-state index contributed by atoms with van der Waals surface area (Å²) in [5.74, 6) is 0.0795. The first kappa shape index (κ1) is 20.3. The first-order valence-electron chi connectivity index (χ1n) is 5.35. The zero-order valence-electron chi connectivity index (χ0n) is 11.3. The van der Waals surface area contributed by atoms with E-state index in [4.69, 9.17) is 22.9 Å². The van der Waals surface area contributed by atoms with E-state index < -0.39 is 0 Å². The van der Waals surface area contributed by atoms with Crippen LogP contribution in [0.1, 0.15) is 6.42 Å². The standard InChI is InChI=1S/C9H20N8O2.Cu/c1-18-8(12)16-6(10)14-4-3-5-15-7(11)17-9(13)19-2;/h3-5H2,1-2H3,(H4,10,12,14,16)(H4,11,13,15,17);/q;+2. The molecule has 0 fully saturated rings. The second-order valence-corrected chi connectivity index (χ2v) is 3.14. The second-order valence-electron chi connectivity index (χ2n) is 3.14. The molecule has 0 heterocycles. The molecule has 0 bridgehead atoms. The van der Waals surface area contributed by atoms with Crippen LogP contribution in [-0.4, -0.2) is 51.3 Å². The SMILES string of the molecule is COC(N)=NC(N)=NCCCN=C(N)N=C(N)OC.[Cu+2]. The molecule has 0 saturated heterocycles. The molecule has 8 N–H and O–H groups in total. The van der Waals surface area contributed by atoms with Gasteiger partial charge in [-0.3, -0.25) is 9.98 Å². The van der Waals surface area contributed by atoms with Gasteiger partial charge in [0, 0.05) is 13.1 Å². The Hall–Kier alpha value is -2.00. The molecular weight excluding hydrogens is 316 g/mol. The predicted octanol–water partition coefficient (Wildman–Crippen LogP) is -2.07. The fourth-order valence-corrected chi connectivity index (χ4v) is 0.846. The van der Waals surface area contributed by atoms with Crippen LogP contribution in [0.2, 0.25) is 0 Å². The van der Waals surface area contributed by atoms with Crippen molar-refractivity contribution in [2.45, 2.75) is 6.42 Å². The van der Waals surface area contributed by atoms with Crippen LogP contribution in [0.15, 0.2) is 20.0 Å². The molecule has 0 aromatic heterocycles. The van der Waals surface area contributed by atoms with Crippen molar-refractivity contribution in [1.29, 1.82) is 0 Å². The van der Waals surface area contributed by atoms with Crippen LogP contribution in [0.3, 0.4) is 0 Å². The van der Waals surface area contributed by atoms with Crippen molar-refractivity contribution in [3.8, 4) is 0 Å². The van der Waals surface area contributed by atoms with Crippen molar-refractivity contribution in [3.05, 3.63) is 0 Å². The van der Waals surface area contributed by atoms with Gasteiger partial charge in [-0.1, -0.05) is 0 Å². The molecule has 0 aromatic carbocycles. The largest absolute Gasteiger partial charge is 2.00 e. The zero-order valence-corrected chi connectivity index (χ0v) is 12.3. The average Bonchev–Trinajstić information content (AvgIpc) is 2.37. The van der Waals surface area contributed by atoms with Crippen LogP contribution in [0.5, 0.6) is 0 Å². The maximum Gasteiger partial charge on any atom is 2.00 e. The number of ether oxygens (including phenoxy) is 2. The van der Waals surface area contributed by atoms with Crippen molar-refractivity contribution in [1.82, 2.24) is 0 Å². The van der Waals surface area contributed by atoms with Gasteiger partial charge in [0.25, 0.3) is 12.0 Å². The van der Waals surface area contributed by atoms with E-state index in [-0.39, 0.29) is 41.0 Å². The van der Waals surface area contributed by atoms with Gasteiger partial charge in [0.15, 0.2) is 0 Å². The third-order valence-electron chi connectivity index (χ3n) is 1.73. The van der Waals surface area contributed by atoms with Gasteiger partial charge < -0.3 is 32.4 Å². The van der Waals surface area contributed by atoms with E-state index >= 15 is 0 Å². The number of rotatable bonds is 4. The Morgan fingerprint density at radius 1 is 0.800 bits per heavy atom. The Balaban J connectivity index is 0. The molecule has 0 saturated carbocycles. The van der Waals surface area contributed by atoms with Crippen molar-refractivity contribution < 1.29 is 26.5 Å². The first-order chi connectivity index (χ1) is 8.99. The van der Waals surface area contributed by atoms with Crippen molar-refractivity contribution in [3.63, 3.8) is 0 Å². The summed E-state index contributed by atoms with van der Waals surface area (Å²) in [5.41, 5.74) is 21.5. The summed E-state index contributed by atoms with van der Waals surface area (Å²) in [7, 11) is 2.77. The minimum absolute atomic E-state index is 0. The number of nitrogens with zero attached hydrogens (tertiary/aromatic N) is 4. The molecular formula is C9H20CuN8O2+2. The topological polar surface area (TPSA) is 172 Å². The molecule has 0 aliphatic rings. The quantitative estimate of drug-likeness (QED) is 0.199. The summed E-state index contributed by atoms with van der Waals surface area (Å²) < 4.78 is 9.23. The summed E-state index contributed by atoms with van der Waals surface area (Å²) >= 11 is 0. The van der Waals surface area contributed by atoms with Gasteiger partial charge in [0.1, 0.15) is 0 Å². The summed E-state index contributed by atoms with van der Waals surface area (Å²) in [6.07, 6.45) is 0.617. The van der Waals surface area contributed by atoms with E-state index in [0.29, 0.717) is 19.5 Å². The molecule has 0 atom stereocenters. The van der Waals surface area contributed by atoms with Crippen molar-refractivity contribution >= 4 is 24.0 Å². The number of hydrogen-bond donors (Lipinski definition) is 4. The van der Waals surface area contributed by atoms with Crippen LogP contribution >= 0.6 is 0 Å². The van der Waals surface area contributed by atoms with Crippen LogP contribution in [0.25, 0.3) is 0 Å².